The molecule has 2 N–H and O–H groups in total. The van der Waals surface area contributed by atoms with Crippen LogP contribution in [0, 0.1) is 0 Å². The zero-order valence-electron chi connectivity index (χ0n) is 11.9. The third-order valence-corrected chi connectivity index (χ3v) is 3.33. The fraction of sp³-hybridized carbons (Fsp3) is 0.0588. The van der Waals surface area contributed by atoms with Crippen LogP contribution in [0.5, 0.6) is 5.75 Å². The molecule has 0 radical (unpaired) electrons. The summed E-state index contributed by atoms with van der Waals surface area (Å²) in [5.41, 5.74) is 0.562. The van der Waals surface area contributed by atoms with E-state index in [1.54, 1.807) is 43.5 Å². The molecule has 2 aromatic carbocycles. The molecule has 0 saturated heterocycles. The zero-order chi connectivity index (χ0) is 15.5. The first-order valence-corrected chi connectivity index (χ1v) is 6.75. The summed E-state index contributed by atoms with van der Waals surface area (Å²) in [7, 11) is 1.55. The molecular formula is C17H14N2O3. The molecule has 1 aromatic heterocycles. The lowest BCUT2D eigenvalue weighted by Gasteiger charge is -2.07. The third-order valence-electron chi connectivity index (χ3n) is 3.33. The highest BCUT2D eigenvalue weighted by atomic mass is 16.5. The topological polar surface area (TPSA) is 71.2 Å². The fourth-order valence-corrected chi connectivity index (χ4v) is 2.22. The average Bonchev–Trinajstić information content (AvgIpc) is 2.55. The number of rotatable bonds is 3. The summed E-state index contributed by atoms with van der Waals surface area (Å²) in [6.45, 7) is 0. The van der Waals surface area contributed by atoms with Crippen molar-refractivity contribution in [1.82, 2.24) is 4.98 Å². The van der Waals surface area contributed by atoms with E-state index < -0.39 is 0 Å². The molecule has 3 rings (SSSR count). The maximum absolute atomic E-state index is 12.3. The molecule has 1 heterocycles. The van der Waals surface area contributed by atoms with Gasteiger partial charge in [0.1, 0.15) is 11.4 Å². The number of anilines is 1. The summed E-state index contributed by atoms with van der Waals surface area (Å²) >= 11 is 0. The molecule has 1 amide bonds. The molecule has 110 valence electrons. The molecule has 0 aliphatic heterocycles. The van der Waals surface area contributed by atoms with Gasteiger partial charge in [-0.05, 0) is 41.8 Å². The van der Waals surface area contributed by atoms with Crippen LogP contribution in [0.2, 0.25) is 0 Å². The average molecular weight is 294 g/mol. The highest BCUT2D eigenvalue weighted by molar-refractivity contribution is 6.04. The predicted octanol–water partition coefficient (Wildman–Crippen LogP) is 2.79. The highest BCUT2D eigenvalue weighted by Crippen LogP contribution is 2.19. The van der Waals surface area contributed by atoms with Gasteiger partial charge in [0.05, 0.1) is 7.11 Å². The number of aromatic amines is 1. The van der Waals surface area contributed by atoms with Gasteiger partial charge in [-0.1, -0.05) is 18.2 Å². The van der Waals surface area contributed by atoms with Crippen LogP contribution >= 0.6 is 0 Å². The van der Waals surface area contributed by atoms with Crippen molar-refractivity contribution in [3.8, 4) is 5.75 Å². The van der Waals surface area contributed by atoms with Crippen molar-refractivity contribution in [3.05, 3.63) is 70.6 Å². The Morgan fingerprint density at radius 1 is 1.09 bits per heavy atom. The second-order valence-corrected chi connectivity index (χ2v) is 4.79. The molecule has 5 nitrogen and oxygen atoms in total. The molecule has 0 atom stereocenters. The minimum absolute atomic E-state index is 0.203. The molecule has 0 aliphatic rings. The quantitative estimate of drug-likeness (QED) is 0.780. The first-order chi connectivity index (χ1) is 10.7. The molecule has 3 aromatic rings. The van der Waals surface area contributed by atoms with Crippen LogP contribution in [-0.4, -0.2) is 18.0 Å². The summed E-state index contributed by atoms with van der Waals surface area (Å²) < 4.78 is 5.15. The lowest BCUT2D eigenvalue weighted by molar-refractivity contribution is 0.102. The summed E-state index contributed by atoms with van der Waals surface area (Å²) in [6, 6.07) is 15.8. The van der Waals surface area contributed by atoms with Gasteiger partial charge in [-0.2, -0.15) is 0 Å². The second kappa shape index (κ2) is 5.73. The molecule has 0 unspecified atom stereocenters. The number of carbonyl (C=O) groups excluding carboxylic acids is 1. The second-order valence-electron chi connectivity index (χ2n) is 4.79. The van der Waals surface area contributed by atoms with Gasteiger partial charge in [-0.15, -0.1) is 0 Å². The Labute approximate surface area is 126 Å². The van der Waals surface area contributed by atoms with E-state index in [9.17, 15) is 9.59 Å². The number of aromatic nitrogens is 1. The number of ether oxygens (including phenoxy) is 1. The number of hydrogen-bond acceptors (Lipinski definition) is 3. The van der Waals surface area contributed by atoms with Crippen LogP contribution in [0.1, 0.15) is 10.5 Å². The van der Waals surface area contributed by atoms with E-state index >= 15 is 0 Å². The van der Waals surface area contributed by atoms with E-state index in [4.69, 9.17) is 4.74 Å². The van der Waals surface area contributed by atoms with Crippen molar-refractivity contribution in [2.75, 3.05) is 12.4 Å². The van der Waals surface area contributed by atoms with Gasteiger partial charge in [0.2, 0.25) is 0 Å². The van der Waals surface area contributed by atoms with Gasteiger partial charge >= 0.3 is 0 Å². The van der Waals surface area contributed by atoms with Crippen molar-refractivity contribution in [1.29, 1.82) is 0 Å². The summed E-state index contributed by atoms with van der Waals surface area (Å²) in [4.78, 5) is 26.9. The number of H-pyrrole nitrogens is 1. The monoisotopic (exact) mass is 294 g/mol. The summed E-state index contributed by atoms with van der Waals surface area (Å²) in [5.74, 6) is 0.264. The molecule has 0 spiro atoms. The van der Waals surface area contributed by atoms with Crippen LogP contribution in [0.15, 0.2) is 59.4 Å². The van der Waals surface area contributed by atoms with Gasteiger partial charge in [-0.3, -0.25) is 9.59 Å². The number of hydrogen-bond donors (Lipinski definition) is 2. The van der Waals surface area contributed by atoms with Crippen LogP contribution < -0.4 is 15.6 Å². The molecular weight excluding hydrogens is 280 g/mol. The molecule has 0 saturated carbocycles. The smallest absolute Gasteiger partial charge is 0.272 e. The van der Waals surface area contributed by atoms with Gasteiger partial charge in [-0.25, -0.2) is 0 Å². The van der Waals surface area contributed by atoms with Crippen molar-refractivity contribution in [3.63, 3.8) is 0 Å². The van der Waals surface area contributed by atoms with Gasteiger partial charge in [0, 0.05) is 11.1 Å². The number of fused-ring (bicyclic) bond motifs is 1. The van der Waals surface area contributed by atoms with E-state index in [0.717, 1.165) is 0 Å². The van der Waals surface area contributed by atoms with E-state index in [2.05, 4.69) is 10.3 Å². The lowest BCUT2D eigenvalue weighted by atomic mass is 10.1. The van der Waals surface area contributed by atoms with Crippen molar-refractivity contribution in [2.45, 2.75) is 0 Å². The maximum Gasteiger partial charge on any atom is 0.272 e. The van der Waals surface area contributed by atoms with E-state index in [1.165, 1.54) is 0 Å². The summed E-state index contributed by atoms with van der Waals surface area (Å²) in [6.07, 6.45) is 0. The Morgan fingerprint density at radius 2 is 1.86 bits per heavy atom. The predicted molar refractivity (Wildman–Crippen MR) is 85.5 cm³/mol. The van der Waals surface area contributed by atoms with Crippen molar-refractivity contribution < 1.29 is 9.53 Å². The Morgan fingerprint density at radius 3 is 2.59 bits per heavy atom. The standard InChI is InChI=1S/C17H14N2O3/c1-22-13-7-8-14-11(9-13)10-15(19-16(14)20)17(21)18-12-5-3-2-4-6-12/h2-10H,1H3,(H,18,21)(H,19,20). The minimum atomic E-state index is -0.368. The highest BCUT2D eigenvalue weighted by Gasteiger charge is 2.10. The van der Waals surface area contributed by atoms with E-state index in [1.807, 2.05) is 18.2 Å². The Hall–Kier alpha value is -3.08. The SMILES string of the molecule is COc1ccc2c(=O)[nH]c(C(=O)Nc3ccccc3)cc2c1. The molecule has 22 heavy (non-hydrogen) atoms. The first-order valence-electron chi connectivity index (χ1n) is 6.75. The number of benzene rings is 2. The van der Waals surface area contributed by atoms with Gasteiger partial charge in [0.15, 0.2) is 0 Å². The number of amides is 1. The number of nitrogens with one attached hydrogen (secondary N) is 2. The molecule has 0 bridgehead atoms. The molecule has 0 aliphatic carbocycles. The van der Waals surface area contributed by atoms with E-state index in [-0.39, 0.29) is 17.2 Å². The lowest BCUT2D eigenvalue weighted by Crippen LogP contribution is -2.18. The maximum atomic E-state index is 12.3. The van der Waals surface area contributed by atoms with E-state index in [0.29, 0.717) is 22.2 Å². The van der Waals surface area contributed by atoms with Gasteiger partial charge in [0.25, 0.3) is 11.5 Å². The Bertz CT molecular complexity index is 885. The fourth-order valence-electron chi connectivity index (χ4n) is 2.22. The van der Waals surface area contributed by atoms with Crippen molar-refractivity contribution >= 4 is 22.4 Å². The van der Waals surface area contributed by atoms with Crippen LogP contribution in [0.4, 0.5) is 5.69 Å². The Kier molecular flexibility index (Phi) is 3.62. The largest absolute Gasteiger partial charge is 0.497 e. The number of pyridine rings is 1. The minimum Gasteiger partial charge on any atom is -0.497 e. The van der Waals surface area contributed by atoms with Crippen LogP contribution in [0.25, 0.3) is 10.8 Å². The third kappa shape index (κ3) is 2.69. The number of para-hydroxylation sites is 1. The van der Waals surface area contributed by atoms with Gasteiger partial charge < -0.3 is 15.0 Å². The number of carbonyl (C=O) groups is 1. The van der Waals surface area contributed by atoms with Crippen molar-refractivity contribution in [2.24, 2.45) is 0 Å². The number of methoxy groups -OCH3 is 1. The first kappa shape index (κ1) is 13.9. The molecule has 5 heteroatoms. The molecule has 0 fully saturated rings. The summed E-state index contributed by atoms with van der Waals surface area (Å²) in [5, 5.41) is 3.90. The van der Waals surface area contributed by atoms with Crippen LogP contribution in [0.3, 0.4) is 0 Å². The van der Waals surface area contributed by atoms with Crippen LogP contribution in [-0.2, 0) is 0 Å². The zero-order valence-corrected chi connectivity index (χ0v) is 11.9. The normalized spacial score (nSPS) is 10.4. The Balaban J connectivity index is 2.00.